The van der Waals surface area contributed by atoms with E-state index in [0.29, 0.717) is 5.69 Å². The maximum atomic E-state index is 12.2. The van der Waals surface area contributed by atoms with Gasteiger partial charge in [0.15, 0.2) is 0 Å². The summed E-state index contributed by atoms with van der Waals surface area (Å²) in [6.07, 6.45) is 0. The number of nitrogens with one attached hydrogen (secondary N) is 2. The Morgan fingerprint density at radius 1 is 1.15 bits per heavy atom. The van der Waals surface area contributed by atoms with Crippen molar-refractivity contribution in [3.63, 3.8) is 0 Å². The number of rotatable bonds is 9. The lowest BCUT2D eigenvalue weighted by molar-refractivity contribution is -0.138. The Hall–Kier alpha value is -1.91. The highest BCUT2D eigenvalue weighted by Gasteiger charge is 2.23. The monoisotopic (exact) mass is 406 g/mol. The molecule has 0 aliphatic heterocycles. The average molecular weight is 406 g/mol. The van der Waals surface area contributed by atoms with E-state index in [1.54, 1.807) is 12.1 Å². The van der Waals surface area contributed by atoms with Crippen molar-refractivity contribution >= 4 is 43.1 Å². The summed E-state index contributed by atoms with van der Waals surface area (Å²) in [6, 6.07) is 4.99. The minimum Gasteiger partial charge on any atom is -0.425 e. The number of carbonyl (C=O) groups excluding carboxylic acids is 3. The molecule has 0 saturated carbocycles. The second kappa shape index (κ2) is 10.3. The summed E-state index contributed by atoms with van der Waals surface area (Å²) < 4.78 is 20.0. The van der Waals surface area contributed by atoms with Gasteiger partial charge in [-0.3, -0.25) is 14.1 Å². The zero-order valence-electron chi connectivity index (χ0n) is 14.0. The molecule has 10 nitrogen and oxygen atoms in total. The van der Waals surface area contributed by atoms with Crippen LogP contribution in [0.3, 0.4) is 0 Å². The van der Waals surface area contributed by atoms with E-state index in [4.69, 9.17) is 14.5 Å². The number of phosphoric acid groups is 1. The molecule has 26 heavy (non-hydrogen) atoms. The van der Waals surface area contributed by atoms with Crippen LogP contribution in [0, 0.1) is 0 Å². The summed E-state index contributed by atoms with van der Waals surface area (Å²) in [6.45, 7) is 2.58. The van der Waals surface area contributed by atoms with E-state index < -0.39 is 25.7 Å². The van der Waals surface area contributed by atoms with Crippen LogP contribution in [0.4, 0.5) is 5.69 Å². The molecule has 0 aromatic heterocycles. The lowest BCUT2D eigenvalue weighted by Gasteiger charge is -2.16. The maximum Gasteiger partial charge on any atom is 0.470 e. The van der Waals surface area contributed by atoms with Gasteiger partial charge in [-0.15, -0.1) is 11.8 Å². The van der Waals surface area contributed by atoms with Crippen LogP contribution in [0.15, 0.2) is 24.3 Å². The molecule has 0 aliphatic carbocycles. The number of hydrogen-bond acceptors (Lipinski definition) is 7. The predicted molar refractivity (Wildman–Crippen MR) is 94.4 cm³/mol. The fourth-order valence-corrected chi connectivity index (χ4v) is 3.08. The largest absolute Gasteiger partial charge is 0.470 e. The third-order valence-electron chi connectivity index (χ3n) is 2.64. The van der Waals surface area contributed by atoms with Gasteiger partial charge in [-0.25, -0.2) is 9.36 Å². The van der Waals surface area contributed by atoms with Gasteiger partial charge in [-0.05, 0) is 24.3 Å². The Labute approximate surface area is 153 Å². The molecular formula is C14H19N2O8PS. The van der Waals surface area contributed by atoms with Crippen molar-refractivity contribution < 1.29 is 38.0 Å². The number of esters is 1. The van der Waals surface area contributed by atoms with Gasteiger partial charge in [-0.2, -0.15) is 0 Å². The van der Waals surface area contributed by atoms with Crippen LogP contribution in [0.2, 0.25) is 0 Å². The van der Waals surface area contributed by atoms with Gasteiger partial charge in [0.2, 0.25) is 11.8 Å². The normalized spacial score (nSPS) is 12.2. The van der Waals surface area contributed by atoms with Crippen molar-refractivity contribution in [3.05, 3.63) is 24.3 Å². The highest BCUT2D eigenvalue weighted by molar-refractivity contribution is 7.99. The molecule has 1 aromatic rings. The first kappa shape index (κ1) is 22.1. The number of benzene rings is 1. The minimum atomic E-state index is -4.60. The topological polar surface area (TPSA) is 151 Å². The van der Waals surface area contributed by atoms with Gasteiger partial charge in [0, 0.05) is 25.3 Å². The molecule has 0 saturated heterocycles. The average Bonchev–Trinajstić information content (AvgIpc) is 2.50. The standard InChI is InChI=1S/C14H19N2O8PS/c1-9(17)15-11-3-5-12(6-4-11)24-14(19)13(16-10(2)18)7-26-8-23-25(20,21)22/h3-6,13H,7-8H2,1-2H3,(H,15,17)(H,16,18)(H2,20,21,22). The first-order chi connectivity index (χ1) is 12.1. The third-order valence-corrected chi connectivity index (χ3v) is 4.14. The van der Waals surface area contributed by atoms with Gasteiger partial charge in [0.05, 0.1) is 0 Å². The molecule has 0 spiro atoms. The SMILES string of the molecule is CC(=O)Nc1ccc(OC(=O)C(CSCOP(=O)(O)O)NC(C)=O)cc1. The molecule has 0 fully saturated rings. The fraction of sp³-hybridized carbons (Fsp3) is 0.357. The Bertz CT molecular complexity index is 691. The summed E-state index contributed by atoms with van der Waals surface area (Å²) >= 11 is 0.901. The highest BCUT2D eigenvalue weighted by atomic mass is 32.2. The zero-order valence-corrected chi connectivity index (χ0v) is 15.7. The minimum absolute atomic E-state index is 0.0115. The van der Waals surface area contributed by atoms with Crippen molar-refractivity contribution in [3.8, 4) is 5.75 Å². The smallest absolute Gasteiger partial charge is 0.425 e. The van der Waals surface area contributed by atoms with E-state index in [0.717, 1.165) is 11.8 Å². The van der Waals surface area contributed by atoms with E-state index >= 15 is 0 Å². The van der Waals surface area contributed by atoms with Crippen molar-refractivity contribution in [2.24, 2.45) is 0 Å². The van der Waals surface area contributed by atoms with Gasteiger partial charge >= 0.3 is 13.8 Å². The van der Waals surface area contributed by atoms with Crippen molar-refractivity contribution in [1.29, 1.82) is 0 Å². The van der Waals surface area contributed by atoms with Crippen LogP contribution in [-0.4, -0.2) is 45.3 Å². The lowest BCUT2D eigenvalue weighted by atomic mass is 10.3. The molecule has 1 rings (SSSR count). The van der Waals surface area contributed by atoms with E-state index in [1.807, 2.05) is 0 Å². The van der Waals surface area contributed by atoms with Crippen LogP contribution in [0.1, 0.15) is 13.8 Å². The van der Waals surface area contributed by atoms with Gasteiger partial charge in [0.25, 0.3) is 0 Å². The van der Waals surface area contributed by atoms with Crippen LogP contribution in [-0.2, 0) is 23.5 Å². The number of thioether (sulfide) groups is 1. The molecule has 4 N–H and O–H groups in total. The lowest BCUT2D eigenvalue weighted by Crippen LogP contribution is -2.44. The second-order valence-corrected chi connectivity index (χ2v) is 7.20. The molecule has 1 unspecified atom stereocenters. The van der Waals surface area contributed by atoms with E-state index in [1.165, 1.54) is 26.0 Å². The highest BCUT2D eigenvalue weighted by Crippen LogP contribution is 2.36. The van der Waals surface area contributed by atoms with E-state index in [2.05, 4.69) is 15.2 Å². The molecule has 0 aliphatic rings. The van der Waals surface area contributed by atoms with Gasteiger partial charge in [0.1, 0.15) is 17.7 Å². The summed E-state index contributed by atoms with van der Waals surface area (Å²) in [5, 5.41) is 4.96. The number of carbonyl (C=O) groups is 3. The molecule has 12 heteroatoms. The van der Waals surface area contributed by atoms with Crippen LogP contribution in [0.25, 0.3) is 0 Å². The summed E-state index contributed by atoms with van der Waals surface area (Å²) in [5.74, 6) is -1.63. The number of hydrogen-bond donors (Lipinski definition) is 4. The molecule has 0 heterocycles. The Kier molecular flexibility index (Phi) is 8.76. The van der Waals surface area contributed by atoms with Crippen LogP contribution < -0.4 is 15.4 Å². The molecule has 144 valence electrons. The summed E-state index contributed by atoms with van der Waals surface area (Å²) in [4.78, 5) is 51.6. The number of anilines is 1. The second-order valence-electron chi connectivity index (χ2n) is 4.99. The van der Waals surface area contributed by atoms with Crippen molar-refractivity contribution in [1.82, 2.24) is 5.32 Å². The summed E-state index contributed by atoms with van der Waals surface area (Å²) in [5.41, 5.74) is 0.529. The predicted octanol–water partition coefficient (Wildman–Crippen LogP) is 0.855. The number of amides is 2. The summed E-state index contributed by atoms with van der Waals surface area (Å²) in [7, 11) is -4.60. The Balaban J connectivity index is 2.62. The molecule has 1 aromatic carbocycles. The van der Waals surface area contributed by atoms with E-state index in [9.17, 15) is 18.9 Å². The first-order valence-corrected chi connectivity index (χ1v) is 9.89. The van der Waals surface area contributed by atoms with Crippen LogP contribution >= 0.6 is 19.6 Å². The Morgan fingerprint density at radius 2 is 1.77 bits per heavy atom. The quantitative estimate of drug-likeness (QED) is 0.154. The van der Waals surface area contributed by atoms with Gasteiger partial charge in [-0.1, -0.05) is 0 Å². The first-order valence-electron chi connectivity index (χ1n) is 7.21. The third kappa shape index (κ3) is 9.54. The molecule has 2 amide bonds. The molecular weight excluding hydrogens is 387 g/mol. The van der Waals surface area contributed by atoms with Crippen LogP contribution in [0.5, 0.6) is 5.75 Å². The Morgan fingerprint density at radius 3 is 2.27 bits per heavy atom. The fourth-order valence-electron chi connectivity index (χ4n) is 1.68. The molecule has 0 radical (unpaired) electrons. The maximum absolute atomic E-state index is 12.2. The van der Waals surface area contributed by atoms with Crippen molar-refractivity contribution in [2.45, 2.75) is 19.9 Å². The molecule has 1 atom stereocenters. The zero-order chi connectivity index (χ0) is 19.7. The van der Waals surface area contributed by atoms with E-state index in [-0.39, 0.29) is 23.3 Å². The molecule has 0 bridgehead atoms. The number of phosphoric ester groups is 1. The van der Waals surface area contributed by atoms with Crippen molar-refractivity contribution in [2.75, 3.05) is 17.0 Å². The number of ether oxygens (including phenoxy) is 1. The van der Waals surface area contributed by atoms with Gasteiger partial charge < -0.3 is 25.2 Å².